The van der Waals surface area contributed by atoms with Crippen molar-refractivity contribution in [3.05, 3.63) is 71.4 Å². The van der Waals surface area contributed by atoms with E-state index in [0.717, 1.165) is 18.2 Å². The molecule has 11 heteroatoms. The van der Waals surface area contributed by atoms with E-state index < -0.39 is 29.6 Å². The molecule has 2 aromatic heterocycles. The Morgan fingerprint density at radius 3 is 2.56 bits per heavy atom. The van der Waals surface area contributed by atoms with E-state index in [4.69, 9.17) is 5.73 Å². The number of nitrogens with zero attached hydrogens (tertiary/aromatic N) is 3. The first-order valence-electron chi connectivity index (χ1n) is 10.0. The number of aromatic nitrogens is 3. The number of nitrogens with one attached hydrogen (secondary N) is 1. The summed E-state index contributed by atoms with van der Waals surface area (Å²) >= 11 is 0. The van der Waals surface area contributed by atoms with E-state index in [1.165, 1.54) is 30.5 Å². The summed E-state index contributed by atoms with van der Waals surface area (Å²) in [6, 6.07) is 7.95. The maximum atomic E-state index is 14.0. The lowest BCUT2D eigenvalue weighted by Crippen LogP contribution is -2.21. The van der Waals surface area contributed by atoms with Gasteiger partial charge >= 0.3 is 6.18 Å². The minimum Gasteiger partial charge on any atom is -0.383 e. The first kappa shape index (κ1) is 23.2. The highest BCUT2D eigenvalue weighted by molar-refractivity contribution is 6.02. The molecule has 0 aliphatic carbocycles. The minimum absolute atomic E-state index is 0.0355. The van der Waals surface area contributed by atoms with Gasteiger partial charge in [0, 0.05) is 24.5 Å². The van der Waals surface area contributed by atoms with E-state index >= 15 is 0 Å². The van der Waals surface area contributed by atoms with E-state index in [1.54, 1.807) is 18.5 Å². The second-order valence-corrected chi connectivity index (χ2v) is 7.71. The van der Waals surface area contributed by atoms with Crippen LogP contribution in [0.2, 0.25) is 0 Å². The van der Waals surface area contributed by atoms with Gasteiger partial charge < -0.3 is 20.7 Å². The third-order valence-electron chi connectivity index (χ3n) is 5.25. The van der Waals surface area contributed by atoms with Crippen molar-refractivity contribution in [3.63, 3.8) is 0 Å². The largest absolute Gasteiger partial charge is 0.417 e. The van der Waals surface area contributed by atoms with Crippen molar-refractivity contribution in [1.82, 2.24) is 14.5 Å². The fraction of sp³-hybridized carbons (Fsp3) is 0.174. The number of rotatable bonds is 4. The summed E-state index contributed by atoms with van der Waals surface area (Å²) < 4.78 is 57.0. The van der Waals surface area contributed by atoms with Gasteiger partial charge in [0.25, 0.3) is 5.91 Å². The number of nitrogen functional groups attached to an aromatic ring is 1. The molecule has 4 aromatic rings. The SMILES string of the molecule is Cc1nc(N)c2c(-c3ccc(NC(=O)[C@H](O)c4cccc(F)c4)cc3C(F)(F)F)cn(C)c2n1. The van der Waals surface area contributed by atoms with Gasteiger partial charge in [-0.2, -0.15) is 13.2 Å². The summed E-state index contributed by atoms with van der Waals surface area (Å²) in [5.41, 5.74) is 5.12. The molecule has 0 saturated heterocycles. The Labute approximate surface area is 190 Å². The van der Waals surface area contributed by atoms with Gasteiger partial charge in [0.1, 0.15) is 23.1 Å². The van der Waals surface area contributed by atoms with Crippen LogP contribution in [0.4, 0.5) is 29.1 Å². The van der Waals surface area contributed by atoms with Gasteiger partial charge in [0.2, 0.25) is 0 Å². The average Bonchev–Trinajstić information content (AvgIpc) is 3.09. The zero-order valence-electron chi connectivity index (χ0n) is 18.0. The van der Waals surface area contributed by atoms with Crippen molar-refractivity contribution >= 4 is 28.4 Å². The predicted octanol–water partition coefficient (Wildman–Crippen LogP) is 4.36. The Bertz CT molecular complexity index is 1410. The molecule has 2 aromatic carbocycles. The molecule has 0 aliphatic rings. The van der Waals surface area contributed by atoms with E-state index in [2.05, 4.69) is 15.3 Å². The smallest absolute Gasteiger partial charge is 0.383 e. The Balaban J connectivity index is 1.75. The Hall–Kier alpha value is -3.99. The van der Waals surface area contributed by atoms with E-state index in [0.29, 0.717) is 11.5 Å². The lowest BCUT2D eigenvalue weighted by Gasteiger charge is -2.16. The number of carbonyl (C=O) groups is 1. The quantitative estimate of drug-likeness (QED) is 0.382. The number of nitrogens with two attached hydrogens (primary N) is 1. The molecule has 34 heavy (non-hydrogen) atoms. The van der Waals surface area contributed by atoms with Gasteiger partial charge in [-0.25, -0.2) is 14.4 Å². The maximum absolute atomic E-state index is 14.0. The number of hydrogen-bond donors (Lipinski definition) is 3. The van der Waals surface area contributed by atoms with Crippen LogP contribution in [0.15, 0.2) is 48.7 Å². The zero-order valence-corrected chi connectivity index (χ0v) is 18.0. The number of aryl methyl sites for hydroxylation is 2. The van der Waals surface area contributed by atoms with Crippen molar-refractivity contribution in [2.45, 2.75) is 19.2 Å². The standard InChI is InChI=1S/C23H19F4N5O2/c1-11-29-20(28)18-16(10-32(2)21(18)30-11)15-7-6-14(9-17(15)23(25,26)27)31-22(34)19(33)12-4-3-5-13(24)8-12/h3-10,19,33H,1-2H3,(H,31,34)(H2,28,29,30)/t19-/m1/s1. The normalized spacial score (nSPS) is 12.7. The van der Waals surface area contributed by atoms with E-state index in [1.807, 2.05) is 0 Å². The number of hydrogen-bond acceptors (Lipinski definition) is 5. The van der Waals surface area contributed by atoms with Crippen LogP contribution in [0.1, 0.15) is 23.1 Å². The average molecular weight is 473 g/mol. The first-order chi connectivity index (χ1) is 16.0. The fourth-order valence-electron chi connectivity index (χ4n) is 3.75. The van der Waals surface area contributed by atoms with Crippen LogP contribution in [0.5, 0.6) is 0 Å². The van der Waals surface area contributed by atoms with E-state index in [-0.39, 0.29) is 33.6 Å². The Morgan fingerprint density at radius 1 is 1.15 bits per heavy atom. The van der Waals surface area contributed by atoms with Gasteiger partial charge in [-0.1, -0.05) is 18.2 Å². The first-order valence-corrected chi connectivity index (χ1v) is 10.0. The molecule has 0 saturated carbocycles. The molecule has 4 N–H and O–H groups in total. The van der Waals surface area contributed by atoms with Crippen LogP contribution in [0.25, 0.3) is 22.2 Å². The topological polar surface area (TPSA) is 106 Å². The monoisotopic (exact) mass is 473 g/mol. The third-order valence-corrected chi connectivity index (χ3v) is 5.25. The third kappa shape index (κ3) is 4.29. The summed E-state index contributed by atoms with van der Waals surface area (Å²) in [5, 5.41) is 12.7. The van der Waals surface area contributed by atoms with Crippen LogP contribution < -0.4 is 11.1 Å². The fourth-order valence-corrected chi connectivity index (χ4v) is 3.75. The van der Waals surface area contributed by atoms with Gasteiger partial charge in [0.15, 0.2) is 6.10 Å². The summed E-state index contributed by atoms with van der Waals surface area (Å²) in [6.45, 7) is 1.62. The molecule has 0 fully saturated rings. The molecule has 0 aliphatic heterocycles. The number of alkyl halides is 3. The molecular formula is C23H19F4N5O2. The second-order valence-electron chi connectivity index (χ2n) is 7.71. The van der Waals surface area contributed by atoms with E-state index in [9.17, 15) is 27.5 Å². The lowest BCUT2D eigenvalue weighted by molar-refractivity contribution is -0.137. The highest BCUT2D eigenvalue weighted by Crippen LogP contribution is 2.42. The number of carbonyl (C=O) groups excluding carboxylic acids is 1. The summed E-state index contributed by atoms with van der Waals surface area (Å²) in [5.74, 6) is -1.25. The van der Waals surface area contributed by atoms with Crippen LogP contribution in [-0.2, 0) is 18.0 Å². The van der Waals surface area contributed by atoms with Gasteiger partial charge in [-0.15, -0.1) is 0 Å². The number of aliphatic hydroxyl groups excluding tert-OH is 1. The van der Waals surface area contributed by atoms with Crippen molar-refractivity contribution in [2.24, 2.45) is 7.05 Å². The molecule has 1 atom stereocenters. The van der Waals surface area contributed by atoms with Crippen LogP contribution in [0.3, 0.4) is 0 Å². The Kier molecular flexibility index (Phi) is 5.74. The van der Waals surface area contributed by atoms with Crippen LogP contribution >= 0.6 is 0 Å². The van der Waals surface area contributed by atoms with Crippen molar-refractivity contribution in [2.75, 3.05) is 11.1 Å². The molecule has 0 radical (unpaired) electrons. The lowest BCUT2D eigenvalue weighted by atomic mass is 9.98. The molecule has 176 valence electrons. The summed E-state index contributed by atoms with van der Waals surface area (Å²) in [7, 11) is 1.63. The molecule has 4 rings (SSSR count). The number of fused-ring (bicyclic) bond motifs is 1. The second kappa shape index (κ2) is 8.41. The number of anilines is 2. The maximum Gasteiger partial charge on any atom is 0.417 e. The van der Waals surface area contributed by atoms with Gasteiger partial charge in [0.05, 0.1) is 10.9 Å². The molecule has 2 heterocycles. The molecule has 1 amide bonds. The number of halogens is 4. The van der Waals surface area contributed by atoms with Crippen molar-refractivity contribution in [1.29, 1.82) is 0 Å². The molecule has 0 bridgehead atoms. The van der Waals surface area contributed by atoms with Crippen molar-refractivity contribution in [3.8, 4) is 11.1 Å². The van der Waals surface area contributed by atoms with Gasteiger partial charge in [-0.05, 0) is 42.3 Å². The highest BCUT2D eigenvalue weighted by Gasteiger charge is 2.35. The minimum atomic E-state index is -4.78. The summed E-state index contributed by atoms with van der Waals surface area (Å²) in [6.07, 6.45) is -5.08. The van der Waals surface area contributed by atoms with Crippen LogP contribution in [-0.4, -0.2) is 25.5 Å². The molecule has 0 unspecified atom stereocenters. The summed E-state index contributed by atoms with van der Waals surface area (Å²) in [4.78, 5) is 20.7. The zero-order chi connectivity index (χ0) is 24.8. The number of benzene rings is 2. The van der Waals surface area contributed by atoms with Gasteiger partial charge in [-0.3, -0.25) is 4.79 Å². The van der Waals surface area contributed by atoms with Crippen molar-refractivity contribution < 1.29 is 27.5 Å². The number of amides is 1. The number of aliphatic hydroxyl groups is 1. The molecular weight excluding hydrogens is 454 g/mol. The Morgan fingerprint density at radius 2 is 1.88 bits per heavy atom. The molecule has 7 nitrogen and oxygen atoms in total. The predicted molar refractivity (Wildman–Crippen MR) is 118 cm³/mol. The highest BCUT2D eigenvalue weighted by atomic mass is 19.4. The molecule has 0 spiro atoms. The van der Waals surface area contributed by atoms with Crippen LogP contribution in [0, 0.1) is 12.7 Å².